The lowest BCUT2D eigenvalue weighted by molar-refractivity contribution is -0.119. The molecule has 1 heterocycles. The highest BCUT2D eigenvalue weighted by Gasteiger charge is 2.12. The minimum absolute atomic E-state index is 0.0636. The first-order valence-electron chi connectivity index (χ1n) is 4.77. The van der Waals surface area contributed by atoms with Gasteiger partial charge in [-0.2, -0.15) is 0 Å². The van der Waals surface area contributed by atoms with Crippen molar-refractivity contribution in [2.45, 2.75) is 39.7 Å². The Morgan fingerprint density at radius 3 is 2.67 bits per heavy atom. The summed E-state index contributed by atoms with van der Waals surface area (Å²) in [5, 5.41) is 6.08. The molecule has 1 unspecified atom stereocenters. The van der Waals surface area contributed by atoms with Gasteiger partial charge in [-0.25, -0.2) is 0 Å². The summed E-state index contributed by atoms with van der Waals surface area (Å²) in [6.07, 6.45) is 2.44. The molecule has 1 amide bonds. The van der Waals surface area contributed by atoms with Crippen LogP contribution in [-0.2, 0) is 4.79 Å². The van der Waals surface area contributed by atoms with Gasteiger partial charge in [0.05, 0.1) is 0 Å². The normalized spacial score (nSPS) is 21.1. The van der Waals surface area contributed by atoms with E-state index in [4.69, 9.17) is 0 Å². The summed E-state index contributed by atoms with van der Waals surface area (Å²) < 4.78 is 0. The molecule has 3 heteroatoms. The molecule has 12 heavy (non-hydrogen) atoms. The van der Waals surface area contributed by atoms with Crippen molar-refractivity contribution in [2.24, 2.45) is 0 Å². The SMILES string of the molecule is CC.CC(=O)NCC1CCCN1. The second-order valence-corrected chi connectivity index (χ2v) is 2.73. The van der Waals surface area contributed by atoms with E-state index in [0.29, 0.717) is 6.04 Å². The zero-order valence-corrected chi connectivity index (χ0v) is 8.31. The minimum atomic E-state index is 0.0636. The Bertz CT molecular complexity index is 120. The summed E-state index contributed by atoms with van der Waals surface area (Å²) in [5.41, 5.74) is 0. The second kappa shape index (κ2) is 7.10. The van der Waals surface area contributed by atoms with Gasteiger partial charge in [0.1, 0.15) is 0 Å². The Balaban J connectivity index is 0.000000561. The molecule has 1 saturated heterocycles. The van der Waals surface area contributed by atoms with Crippen molar-refractivity contribution in [3.63, 3.8) is 0 Å². The van der Waals surface area contributed by atoms with Crippen LogP contribution in [0.25, 0.3) is 0 Å². The van der Waals surface area contributed by atoms with Crippen molar-refractivity contribution in [2.75, 3.05) is 13.1 Å². The van der Waals surface area contributed by atoms with E-state index in [1.54, 1.807) is 6.92 Å². The van der Waals surface area contributed by atoms with E-state index in [9.17, 15) is 4.79 Å². The fourth-order valence-corrected chi connectivity index (χ4v) is 1.20. The second-order valence-electron chi connectivity index (χ2n) is 2.73. The van der Waals surface area contributed by atoms with Gasteiger partial charge in [-0.15, -0.1) is 0 Å². The number of hydrogen-bond acceptors (Lipinski definition) is 2. The van der Waals surface area contributed by atoms with Gasteiger partial charge in [-0.1, -0.05) is 13.8 Å². The van der Waals surface area contributed by atoms with Gasteiger partial charge in [-0.3, -0.25) is 4.79 Å². The van der Waals surface area contributed by atoms with Crippen LogP contribution in [0.4, 0.5) is 0 Å². The van der Waals surface area contributed by atoms with Crippen molar-refractivity contribution in [3.8, 4) is 0 Å². The molecule has 1 rings (SSSR count). The van der Waals surface area contributed by atoms with Crippen LogP contribution in [0, 0.1) is 0 Å². The number of carbonyl (C=O) groups is 1. The summed E-state index contributed by atoms with van der Waals surface area (Å²) in [6.45, 7) is 7.44. The fraction of sp³-hybridized carbons (Fsp3) is 0.889. The largest absolute Gasteiger partial charge is 0.355 e. The van der Waals surface area contributed by atoms with Gasteiger partial charge in [0.15, 0.2) is 0 Å². The molecule has 1 atom stereocenters. The van der Waals surface area contributed by atoms with Crippen LogP contribution < -0.4 is 10.6 Å². The van der Waals surface area contributed by atoms with Gasteiger partial charge in [-0.05, 0) is 19.4 Å². The lowest BCUT2D eigenvalue weighted by Crippen LogP contribution is -2.35. The highest BCUT2D eigenvalue weighted by atomic mass is 16.1. The van der Waals surface area contributed by atoms with Crippen molar-refractivity contribution in [1.82, 2.24) is 10.6 Å². The van der Waals surface area contributed by atoms with Crippen LogP contribution in [0.15, 0.2) is 0 Å². The summed E-state index contributed by atoms with van der Waals surface area (Å²) >= 11 is 0. The molecule has 2 N–H and O–H groups in total. The van der Waals surface area contributed by atoms with Crippen LogP contribution in [0.2, 0.25) is 0 Å². The van der Waals surface area contributed by atoms with E-state index in [2.05, 4.69) is 10.6 Å². The molecule has 0 aromatic rings. The average Bonchev–Trinajstić information content (AvgIpc) is 2.56. The van der Waals surface area contributed by atoms with Crippen molar-refractivity contribution in [1.29, 1.82) is 0 Å². The predicted octanol–water partition coefficient (Wildman–Crippen LogP) is 0.901. The smallest absolute Gasteiger partial charge is 0.216 e. The first-order valence-corrected chi connectivity index (χ1v) is 4.77. The monoisotopic (exact) mass is 172 g/mol. The van der Waals surface area contributed by atoms with E-state index in [1.807, 2.05) is 13.8 Å². The summed E-state index contributed by atoms with van der Waals surface area (Å²) in [6, 6.07) is 0.517. The molecular formula is C9H20N2O. The average molecular weight is 172 g/mol. The van der Waals surface area contributed by atoms with E-state index < -0.39 is 0 Å². The van der Waals surface area contributed by atoms with Crippen LogP contribution in [-0.4, -0.2) is 25.0 Å². The van der Waals surface area contributed by atoms with Gasteiger partial charge in [0.25, 0.3) is 0 Å². The first kappa shape index (κ1) is 11.4. The van der Waals surface area contributed by atoms with Crippen LogP contribution >= 0.6 is 0 Å². The van der Waals surface area contributed by atoms with Crippen LogP contribution in [0.3, 0.4) is 0 Å². The molecule has 0 saturated carbocycles. The zero-order valence-electron chi connectivity index (χ0n) is 8.31. The maximum absolute atomic E-state index is 10.5. The number of nitrogens with one attached hydrogen (secondary N) is 2. The standard InChI is InChI=1S/C7H14N2O.C2H6/c1-6(10)9-5-7-3-2-4-8-7;1-2/h7-8H,2-5H2,1H3,(H,9,10);1-2H3. The molecule has 0 bridgehead atoms. The van der Waals surface area contributed by atoms with Crippen molar-refractivity contribution >= 4 is 5.91 Å². The maximum Gasteiger partial charge on any atom is 0.216 e. The van der Waals surface area contributed by atoms with Gasteiger partial charge in [0, 0.05) is 19.5 Å². The van der Waals surface area contributed by atoms with Crippen LogP contribution in [0.5, 0.6) is 0 Å². The Morgan fingerprint density at radius 2 is 2.25 bits per heavy atom. The Hall–Kier alpha value is -0.570. The Labute approximate surface area is 74.9 Å². The van der Waals surface area contributed by atoms with E-state index in [-0.39, 0.29) is 5.91 Å². The van der Waals surface area contributed by atoms with Gasteiger partial charge >= 0.3 is 0 Å². The number of amides is 1. The van der Waals surface area contributed by atoms with Crippen molar-refractivity contribution in [3.05, 3.63) is 0 Å². The quantitative estimate of drug-likeness (QED) is 0.650. The summed E-state index contributed by atoms with van der Waals surface area (Å²) in [4.78, 5) is 10.5. The van der Waals surface area contributed by atoms with Crippen molar-refractivity contribution < 1.29 is 4.79 Å². The van der Waals surface area contributed by atoms with Gasteiger partial charge < -0.3 is 10.6 Å². The lowest BCUT2D eigenvalue weighted by atomic mass is 10.2. The third kappa shape index (κ3) is 5.13. The third-order valence-corrected chi connectivity index (χ3v) is 1.76. The molecule has 0 radical (unpaired) electrons. The molecule has 1 aliphatic rings. The topological polar surface area (TPSA) is 41.1 Å². The maximum atomic E-state index is 10.5. The highest BCUT2D eigenvalue weighted by molar-refractivity contribution is 5.72. The molecule has 0 aliphatic carbocycles. The van der Waals surface area contributed by atoms with Gasteiger partial charge in [0.2, 0.25) is 5.91 Å². The summed E-state index contributed by atoms with van der Waals surface area (Å²) in [5.74, 6) is 0.0636. The minimum Gasteiger partial charge on any atom is -0.355 e. The van der Waals surface area contributed by atoms with Crippen LogP contribution in [0.1, 0.15) is 33.6 Å². The predicted molar refractivity (Wildman–Crippen MR) is 51.1 cm³/mol. The number of hydrogen-bond donors (Lipinski definition) is 2. The molecule has 0 aromatic heterocycles. The third-order valence-electron chi connectivity index (χ3n) is 1.76. The highest BCUT2D eigenvalue weighted by Crippen LogP contribution is 2.02. The lowest BCUT2D eigenvalue weighted by Gasteiger charge is -2.09. The number of carbonyl (C=O) groups excluding carboxylic acids is 1. The summed E-state index contributed by atoms with van der Waals surface area (Å²) in [7, 11) is 0. The van der Waals surface area contributed by atoms with E-state index >= 15 is 0 Å². The zero-order chi connectivity index (χ0) is 9.40. The molecule has 1 aliphatic heterocycles. The molecule has 72 valence electrons. The first-order chi connectivity index (χ1) is 5.79. The molecule has 0 spiro atoms. The number of rotatable bonds is 2. The molecule has 0 aromatic carbocycles. The molecular weight excluding hydrogens is 152 g/mol. The Morgan fingerprint density at radius 1 is 1.58 bits per heavy atom. The molecule has 3 nitrogen and oxygen atoms in total. The fourth-order valence-electron chi connectivity index (χ4n) is 1.20. The molecule has 1 fully saturated rings. The Kier molecular flexibility index (Phi) is 6.76. The van der Waals surface area contributed by atoms with E-state index in [1.165, 1.54) is 12.8 Å². The van der Waals surface area contributed by atoms with E-state index in [0.717, 1.165) is 13.1 Å².